The lowest BCUT2D eigenvalue weighted by Gasteiger charge is -2.16. The van der Waals surface area contributed by atoms with Gasteiger partial charge >= 0.3 is 0 Å². The van der Waals surface area contributed by atoms with Gasteiger partial charge in [-0.15, -0.1) is 11.3 Å². The van der Waals surface area contributed by atoms with Crippen molar-refractivity contribution in [2.75, 3.05) is 19.0 Å². The molecule has 1 heterocycles. The smallest absolute Gasteiger partial charge is 0.185 e. The first-order valence-electron chi connectivity index (χ1n) is 7.90. The second-order valence-electron chi connectivity index (χ2n) is 6.02. The Morgan fingerprint density at radius 2 is 1.70 bits per heavy atom. The maximum absolute atomic E-state index is 12.7. The zero-order valence-electron chi connectivity index (χ0n) is 13.6. The number of Topliss-reactive ketones (excluding diaryl/α,β-unsaturated/α-hetero) is 1. The number of carbonyl (C=O) groups is 1. The summed E-state index contributed by atoms with van der Waals surface area (Å²) in [6.07, 6.45) is 6.90. The Hall–Kier alpha value is -2.13. The fourth-order valence-electron chi connectivity index (χ4n) is 2.79. The molecule has 1 saturated carbocycles. The van der Waals surface area contributed by atoms with Gasteiger partial charge in [0.15, 0.2) is 5.78 Å². The summed E-state index contributed by atoms with van der Waals surface area (Å²) in [7, 11) is 4.06. The molecular weight excluding hydrogens is 302 g/mol. The second-order valence-corrected chi connectivity index (χ2v) is 7.00. The molecule has 1 aliphatic carbocycles. The van der Waals surface area contributed by atoms with Gasteiger partial charge in [-0.2, -0.15) is 0 Å². The summed E-state index contributed by atoms with van der Waals surface area (Å²) in [4.78, 5) is 15.9. The summed E-state index contributed by atoms with van der Waals surface area (Å²) in [5.41, 5.74) is 4.13. The lowest BCUT2D eigenvalue weighted by molar-refractivity contribution is -0.112. The third-order valence-electron chi connectivity index (χ3n) is 4.09. The molecule has 1 aliphatic rings. The van der Waals surface area contributed by atoms with E-state index in [1.807, 2.05) is 31.6 Å². The second kappa shape index (κ2) is 6.97. The van der Waals surface area contributed by atoms with Crippen LogP contribution in [0.5, 0.6) is 0 Å². The minimum atomic E-state index is 0.210. The Balaban J connectivity index is 1.83. The van der Waals surface area contributed by atoms with E-state index >= 15 is 0 Å². The van der Waals surface area contributed by atoms with Crippen LogP contribution < -0.4 is 4.90 Å². The molecule has 2 nitrogen and oxygen atoms in total. The number of nitrogens with zero attached hydrogens (tertiary/aromatic N) is 1. The molecule has 1 aromatic carbocycles. The molecule has 0 unspecified atom stereocenters. The number of allylic oxidation sites excluding steroid dienone is 2. The van der Waals surface area contributed by atoms with Crippen LogP contribution in [-0.4, -0.2) is 19.9 Å². The molecule has 0 amide bonds. The zero-order valence-corrected chi connectivity index (χ0v) is 14.4. The number of benzene rings is 1. The minimum absolute atomic E-state index is 0.210. The molecule has 0 N–H and O–H groups in total. The van der Waals surface area contributed by atoms with E-state index in [0.717, 1.165) is 40.8 Å². The van der Waals surface area contributed by atoms with E-state index in [1.165, 1.54) is 5.69 Å². The van der Waals surface area contributed by atoms with Crippen molar-refractivity contribution < 1.29 is 4.79 Å². The molecule has 23 heavy (non-hydrogen) atoms. The van der Waals surface area contributed by atoms with E-state index in [2.05, 4.69) is 41.3 Å². The van der Waals surface area contributed by atoms with Gasteiger partial charge in [0, 0.05) is 35.8 Å². The molecule has 0 spiro atoms. The van der Waals surface area contributed by atoms with Crippen molar-refractivity contribution >= 4 is 35.0 Å². The molecule has 0 saturated heterocycles. The van der Waals surface area contributed by atoms with Gasteiger partial charge in [-0.1, -0.05) is 18.2 Å². The van der Waals surface area contributed by atoms with Crippen molar-refractivity contribution in [1.29, 1.82) is 0 Å². The van der Waals surface area contributed by atoms with Crippen molar-refractivity contribution in [2.24, 2.45) is 0 Å². The molecule has 3 heteroatoms. The molecule has 0 bridgehead atoms. The molecular formula is C20H21NOS. The molecule has 118 valence electrons. The summed E-state index contributed by atoms with van der Waals surface area (Å²) in [5.74, 6) is 0.210. The van der Waals surface area contributed by atoms with Crippen LogP contribution in [0, 0.1) is 0 Å². The number of thiophene rings is 1. The highest BCUT2D eigenvalue weighted by molar-refractivity contribution is 7.10. The number of carbonyl (C=O) groups excluding carboxylic acids is 1. The quantitative estimate of drug-likeness (QED) is 0.738. The Labute approximate surface area is 141 Å². The van der Waals surface area contributed by atoms with Crippen molar-refractivity contribution in [2.45, 2.75) is 19.3 Å². The molecule has 0 aliphatic heterocycles. The SMILES string of the molecule is CN(C)c1ccc(C=C2CCCC(=Cc3cccs3)C2=O)cc1. The van der Waals surface area contributed by atoms with E-state index in [9.17, 15) is 4.79 Å². The Morgan fingerprint density at radius 3 is 2.30 bits per heavy atom. The largest absolute Gasteiger partial charge is 0.378 e. The Bertz CT molecular complexity index is 736. The number of anilines is 1. The maximum Gasteiger partial charge on any atom is 0.185 e. The van der Waals surface area contributed by atoms with Gasteiger partial charge < -0.3 is 4.90 Å². The highest BCUT2D eigenvalue weighted by atomic mass is 32.1. The maximum atomic E-state index is 12.7. The van der Waals surface area contributed by atoms with Gasteiger partial charge in [-0.05, 0) is 60.6 Å². The standard InChI is InChI=1S/C20H21NOS/c1-21(2)18-10-8-15(9-11-18)13-16-5-3-6-17(20(16)22)14-19-7-4-12-23-19/h4,7-14H,3,5-6H2,1-2H3. The van der Waals surface area contributed by atoms with Crippen molar-refractivity contribution in [3.63, 3.8) is 0 Å². The van der Waals surface area contributed by atoms with Crippen LogP contribution in [0.25, 0.3) is 12.2 Å². The van der Waals surface area contributed by atoms with Crippen LogP contribution in [0.1, 0.15) is 29.7 Å². The van der Waals surface area contributed by atoms with Crippen LogP contribution in [0.4, 0.5) is 5.69 Å². The van der Waals surface area contributed by atoms with Gasteiger partial charge in [0.05, 0.1) is 0 Å². The first-order chi connectivity index (χ1) is 11.1. The third kappa shape index (κ3) is 3.80. The Morgan fingerprint density at radius 1 is 1.00 bits per heavy atom. The van der Waals surface area contributed by atoms with E-state index in [1.54, 1.807) is 11.3 Å². The average molecular weight is 323 g/mol. The van der Waals surface area contributed by atoms with Gasteiger partial charge in [0.1, 0.15) is 0 Å². The van der Waals surface area contributed by atoms with Crippen molar-refractivity contribution in [3.05, 3.63) is 63.4 Å². The summed E-state index contributed by atoms with van der Waals surface area (Å²) in [6.45, 7) is 0. The predicted octanol–water partition coefficient (Wildman–Crippen LogP) is 5.03. The van der Waals surface area contributed by atoms with Crippen LogP contribution in [0.15, 0.2) is 52.9 Å². The van der Waals surface area contributed by atoms with E-state index in [-0.39, 0.29) is 5.78 Å². The first kappa shape index (κ1) is 15.8. The highest BCUT2D eigenvalue weighted by Gasteiger charge is 2.20. The number of ketones is 1. The molecule has 2 aromatic rings. The highest BCUT2D eigenvalue weighted by Crippen LogP contribution is 2.29. The summed E-state index contributed by atoms with van der Waals surface area (Å²) < 4.78 is 0. The number of hydrogen-bond acceptors (Lipinski definition) is 3. The zero-order chi connectivity index (χ0) is 16.2. The van der Waals surface area contributed by atoms with Gasteiger partial charge in [0.2, 0.25) is 0 Å². The van der Waals surface area contributed by atoms with Crippen LogP contribution in [-0.2, 0) is 4.79 Å². The predicted molar refractivity (Wildman–Crippen MR) is 99.9 cm³/mol. The lowest BCUT2D eigenvalue weighted by Crippen LogP contribution is -2.12. The van der Waals surface area contributed by atoms with E-state index < -0.39 is 0 Å². The van der Waals surface area contributed by atoms with Crippen LogP contribution in [0.2, 0.25) is 0 Å². The van der Waals surface area contributed by atoms with Gasteiger partial charge in [-0.25, -0.2) is 0 Å². The number of rotatable bonds is 3. The summed E-state index contributed by atoms with van der Waals surface area (Å²) in [6, 6.07) is 12.4. The number of hydrogen-bond donors (Lipinski definition) is 0. The molecule has 1 aromatic heterocycles. The minimum Gasteiger partial charge on any atom is -0.378 e. The summed E-state index contributed by atoms with van der Waals surface area (Å²) in [5, 5.41) is 2.04. The van der Waals surface area contributed by atoms with E-state index in [0.29, 0.717) is 0 Å². The van der Waals surface area contributed by atoms with E-state index in [4.69, 9.17) is 0 Å². The molecule has 0 atom stereocenters. The van der Waals surface area contributed by atoms with Gasteiger partial charge in [0.25, 0.3) is 0 Å². The molecule has 1 fully saturated rings. The van der Waals surface area contributed by atoms with Crippen LogP contribution in [0.3, 0.4) is 0 Å². The fourth-order valence-corrected chi connectivity index (χ4v) is 3.47. The fraction of sp³-hybridized carbons (Fsp3) is 0.250. The van der Waals surface area contributed by atoms with Crippen molar-refractivity contribution in [3.8, 4) is 0 Å². The van der Waals surface area contributed by atoms with Gasteiger partial charge in [-0.3, -0.25) is 4.79 Å². The monoisotopic (exact) mass is 323 g/mol. The topological polar surface area (TPSA) is 20.3 Å². The molecule has 3 rings (SSSR count). The normalized spacial score (nSPS) is 18.6. The van der Waals surface area contributed by atoms with Crippen molar-refractivity contribution in [1.82, 2.24) is 0 Å². The summed E-state index contributed by atoms with van der Waals surface area (Å²) >= 11 is 1.68. The lowest BCUT2D eigenvalue weighted by atomic mass is 9.87. The molecule has 0 radical (unpaired) electrons. The average Bonchev–Trinajstić information content (AvgIpc) is 3.05. The van der Waals surface area contributed by atoms with Crippen LogP contribution >= 0.6 is 11.3 Å². The first-order valence-corrected chi connectivity index (χ1v) is 8.78. The Kier molecular flexibility index (Phi) is 4.77. The third-order valence-corrected chi connectivity index (χ3v) is 4.90.